The van der Waals surface area contributed by atoms with E-state index in [9.17, 15) is 14.2 Å². The molecule has 0 N–H and O–H groups in total. The molecule has 2 aromatic rings. The molecule has 0 spiro atoms. The van der Waals surface area contributed by atoms with Gasteiger partial charge >= 0.3 is 0 Å². The molecule has 1 radical (unpaired) electrons. The van der Waals surface area contributed by atoms with Crippen molar-refractivity contribution in [1.82, 2.24) is 0 Å². The fourth-order valence-electron chi connectivity index (χ4n) is 4.99. The molecule has 1 saturated carbocycles. The minimum Gasteiger partial charge on any atom is -0.493 e. The van der Waals surface area contributed by atoms with Gasteiger partial charge in [0.15, 0.2) is 13.6 Å². The number of aryl methyl sites for hydroxylation is 3. The highest BCUT2D eigenvalue weighted by Gasteiger charge is 2.50. The molecule has 3 rings (SSSR count). The highest BCUT2D eigenvalue weighted by atomic mass is 31.1. The maximum Gasteiger partial charge on any atom is 0.243 e. The van der Waals surface area contributed by atoms with Crippen molar-refractivity contribution in [3.8, 4) is 11.5 Å². The normalized spacial score (nSPS) is 15.6. The minimum atomic E-state index is -2.52. The zero-order valence-corrected chi connectivity index (χ0v) is 21.2. The van der Waals surface area contributed by atoms with Crippen LogP contribution < -0.4 is 9.47 Å². The monoisotopic (exact) mass is 469 g/mol. The lowest BCUT2D eigenvalue weighted by molar-refractivity contribution is 0.0895. The van der Waals surface area contributed by atoms with Gasteiger partial charge in [-0.3, -0.25) is 14.2 Å². The van der Waals surface area contributed by atoms with Crippen LogP contribution >= 0.6 is 7.80 Å². The summed E-state index contributed by atoms with van der Waals surface area (Å²) in [4.78, 5) is 27.9. The molecule has 1 atom stereocenters. The molecule has 1 aliphatic rings. The molecular formula is C27H34O5P. The second-order valence-electron chi connectivity index (χ2n) is 8.79. The van der Waals surface area contributed by atoms with Gasteiger partial charge in [-0.15, -0.1) is 0 Å². The highest BCUT2D eigenvalue weighted by Crippen LogP contribution is 2.54. The molecule has 2 aromatic carbocycles. The summed E-state index contributed by atoms with van der Waals surface area (Å²) in [6.07, 6.45) is 3.31. The first-order valence-electron chi connectivity index (χ1n) is 11.8. The van der Waals surface area contributed by atoms with E-state index in [2.05, 4.69) is 0 Å². The van der Waals surface area contributed by atoms with Crippen molar-refractivity contribution in [3.63, 3.8) is 0 Å². The number of ether oxygens (including phenoxy) is 2. The van der Waals surface area contributed by atoms with E-state index < -0.39 is 18.5 Å². The van der Waals surface area contributed by atoms with E-state index in [1.165, 1.54) is 0 Å². The third kappa shape index (κ3) is 4.89. The van der Waals surface area contributed by atoms with Crippen LogP contribution in [-0.4, -0.2) is 29.7 Å². The van der Waals surface area contributed by atoms with Gasteiger partial charge < -0.3 is 9.47 Å². The number of hydrogen-bond donors (Lipinski definition) is 0. The van der Waals surface area contributed by atoms with E-state index in [-0.39, 0.29) is 5.78 Å². The lowest BCUT2D eigenvalue weighted by Crippen LogP contribution is -2.39. The van der Waals surface area contributed by atoms with Crippen LogP contribution in [0.1, 0.15) is 83.4 Å². The van der Waals surface area contributed by atoms with Gasteiger partial charge in [0.2, 0.25) is 5.52 Å². The molecule has 5 nitrogen and oxygen atoms in total. The first-order chi connectivity index (χ1) is 15.8. The second kappa shape index (κ2) is 10.6. The van der Waals surface area contributed by atoms with E-state index >= 15 is 0 Å². The van der Waals surface area contributed by atoms with Crippen molar-refractivity contribution in [3.05, 3.63) is 58.1 Å². The van der Waals surface area contributed by atoms with Crippen molar-refractivity contribution in [1.29, 1.82) is 0 Å². The van der Waals surface area contributed by atoms with Crippen molar-refractivity contribution in [2.75, 3.05) is 13.2 Å². The van der Waals surface area contributed by atoms with Crippen LogP contribution in [0.5, 0.6) is 11.5 Å². The molecule has 33 heavy (non-hydrogen) atoms. The molecule has 177 valence electrons. The van der Waals surface area contributed by atoms with Crippen molar-refractivity contribution >= 4 is 19.1 Å². The zero-order chi connectivity index (χ0) is 24.2. The van der Waals surface area contributed by atoms with Gasteiger partial charge in [-0.2, -0.15) is 0 Å². The Hall–Kier alpha value is -2.52. The summed E-state index contributed by atoms with van der Waals surface area (Å²) in [7, 11) is -2.52. The molecule has 0 heterocycles. The predicted octanol–water partition coefficient (Wildman–Crippen LogP) is 6.96. The fourth-order valence-corrected chi connectivity index (χ4v) is 6.95. The summed E-state index contributed by atoms with van der Waals surface area (Å²) in [6, 6.07) is 9.11. The molecule has 0 amide bonds. The molecule has 0 saturated heterocycles. The molecule has 0 bridgehead atoms. The summed E-state index contributed by atoms with van der Waals surface area (Å²) in [6.45, 7) is 10.2. The summed E-state index contributed by atoms with van der Waals surface area (Å²) >= 11 is 0. The van der Waals surface area contributed by atoms with Crippen LogP contribution in [0.2, 0.25) is 0 Å². The number of benzene rings is 2. The Morgan fingerprint density at radius 2 is 1.39 bits per heavy atom. The summed E-state index contributed by atoms with van der Waals surface area (Å²) in [5.41, 5.74) is 2.99. The lowest BCUT2D eigenvalue weighted by atomic mass is 9.82. The summed E-state index contributed by atoms with van der Waals surface area (Å²) < 4.78 is 25.6. The van der Waals surface area contributed by atoms with Crippen molar-refractivity contribution in [2.45, 2.75) is 71.9 Å². The van der Waals surface area contributed by atoms with Gasteiger partial charge in [-0.25, -0.2) is 0 Å². The maximum absolute atomic E-state index is 14.2. The Morgan fingerprint density at radius 1 is 0.879 bits per heavy atom. The number of Topliss-reactive ketones (excluding diaryl/α,β-unsaturated/α-hetero) is 1. The number of carbonyl (C=O) groups excluding carboxylic acids is 2. The minimum absolute atomic E-state index is 0.299. The lowest BCUT2D eigenvalue weighted by Gasteiger charge is -2.35. The number of carbonyl (C=O) groups is 2. The highest BCUT2D eigenvalue weighted by molar-refractivity contribution is 7.67. The van der Waals surface area contributed by atoms with Crippen LogP contribution in [-0.2, 0) is 4.57 Å². The van der Waals surface area contributed by atoms with Gasteiger partial charge in [0.25, 0.3) is 0 Å². The Labute approximate surface area is 197 Å². The molecule has 0 aromatic heterocycles. The van der Waals surface area contributed by atoms with Gasteiger partial charge in [-0.05, 0) is 70.7 Å². The Kier molecular flexibility index (Phi) is 8.07. The standard InChI is InChI=1S/C27H34O5P/c1-6-31-21-12-11-13-22(32-7-2)24(21)25(28)27(14-9-8-10-15-27)33(30)26(29)23-19(4)16-18(3)17-20(23)5/h11-13,16-17H,6-10,14-15H2,1-5H3. The molecular weight excluding hydrogens is 435 g/mol. The van der Waals surface area contributed by atoms with E-state index in [4.69, 9.17) is 9.47 Å². The number of ketones is 1. The van der Waals surface area contributed by atoms with Crippen LogP contribution in [0.4, 0.5) is 0 Å². The van der Waals surface area contributed by atoms with Gasteiger partial charge in [-0.1, -0.05) is 43.0 Å². The largest absolute Gasteiger partial charge is 0.493 e. The average molecular weight is 470 g/mol. The Balaban J connectivity index is 2.14. The third-order valence-electron chi connectivity index (χ3n) is 6.38. The van der Waals surface area contributed by atoms with E-state index in [1.54, 1.807) is 18.2 Å². The zero-order valence-electron chi connectivity index (χ0n) is 20.3. The van der Waals surface area contributed by atoms with Crippen LogP contribution in [0.3, 0.4) is 0 Å². The smallest absolute Gasteiger partial charge is 0.243 e. The van der Waals surface area contributed by atoms with Crippen molar-refractivity contribution in [2.24, 2.45) is 0 Å². The first kappa shape index (κ1) is 25.1. The number of rotatable bonds is 9. The first-order valence-corrected chi connectivity index (χ1v) is 13.1. The Morgan fingerprint density at radius 3 is 1.88 bits per heavy atom. The van der Waals surface area contributed by atoms with Crippen molar-refractivity contribution < 1.29 is 23.6 Å². The fraction of sp³-hybridized carbons (Fsp3) is 0.481. The van der Waals surface area contributed by atoms with Gasteiger partial charge in [0, 0.05) is 5.56 Å². The van der Waals surface area contributed by atoms with E-state index in [0.29, 0.717) is 48.7 Å². The van der Waals surface area contributed by atoms with Gasteiger partial charge in [0.05, 0.1) is 13.2 Å². The molecule has 1 aliphatic carbocycles. The summed E-state index contributed by atoms with van der Waals surface area (Å²) in [5, 5.41) is -1.26. The van der Waals surface area contributed by atoms with E-state index in [1.807, 2.05) is 46.8 Å². The molecule has 6 heteroatoms. The average Bonchev–Trinajstić information content (AvgIpc) is 2.78. The third-order valence-corrected chi connectivity index (χ3v) is 8.40. The number of hydrogen-bond acceptors (Lipinski definition) is 5. The van der Waals surface area contributed by atoms with Gasteiger partial charge in [0.1, 0.15) is 22.2 Å². The molecule has 1 unspecified atom stereocenters. The molecule has 1 fully saturated rings. The van der Waals surface area contributed by atoms with Crippen LogP contribution in [0.25, 0.3) is 0 Å². The topological polar surface area (TPSA) is 69.7 Å². The van der Waals surface area contributed by atoms with E-state index in [0.717, 1.165) is 36.0 Å². The quantitative estimate of drug-likeness (QED) is 0.293. The SMILES string of the molecule is CCOc1cccc(OCC)c1C(=O)C1([P](=O)C(=O)c2c(C)cc(C)cc2C)CCCCC1. The second-order valence-corrected chi connectivity index (χ2v) is 10.6. The summed E-state index contributed by atoms with van der Waals surface area (Å²) in [5.74, 6) is 0.528. The van der Waals surface area contributed by atoms with Crippen LogP contribution in [0, 0.1) is 20.8 Å². The molecule has 0 aliphatic heterocycles. The predicted molar refractivity (Wildman–Crippen MR) is 132 cm³/mol. The maximum atomic E-state index is 14.2. The Bertz CT molecular complexity index is 1020. The van der Waals surface area contributed by atoms with Crippen LogP contribution in [0.15, 0.2) is 30.3 Å².